The molecule has 0 saturated heterocycles. The minimum atomic E-state index is -0.892. The van der Waals surface area contributed by atoms with E-state index in [1.807, 2.05) is 6.92 Å². The molecule has 0 aliphatic rings. The zero-order valence-corrected chi connectivity index (χ0v) is 8.04. The fourth-order valence-corrected chi connectivity index (χ4v) is 1.18. The molecule has 1 heterocycles. The fraction of sp³-hybridized carbons (Fsp3) is 0.0909. The molecular weight excluding hydrogens is 198 g/mol. The highest BCUT2D eigenvalue weighted by Gasteiger charge is 2.05. The molecule has 2 nitrogen and oxygen atoms in total. The number of rotatable bonds is 1. The van der Waals surface area contributed by atoms with Gasteiger partial charge in [0, 0.05) is 18.0 Å². The second kappa shape index (κ2) is 3.73. The van der Waals surface area contributed by atoms with Gasteiger partial charge in [-0.15, -0.1) is 0 Å². The van der Waals surface area contributed by atoms with Crippen LogP contribution in [0.1, 0.15) is 5.56 Å². The summed E-state index contributed by atoms with van der Waals surface area (Å²) in [4.78, 5) is 8.04. The van der Waals surface area contributed by atoms with Gasteiger partial charge in [0.1, 0.15) is 0 Å². The van der Waals surface area contributed by atoms with E-state index in [4.69, 9.17) is 0 Å². The maximum absolute atomic E-state index is 12.9. The van der Waals surface area contributed by atoms with E-state index >= 15 is 0 Å². The highest BCUT2D eigenvalue weighted by molar-refractivity contribution is 5.54. The Hall–Kier alpha value is -1.84. The zero-order valence-electron chi connectivity index (χ0n) is 8.04. The minimum absolute atomic E-state index is 0.388. The Morgan fingerprint density at radius 1 is 1.00 bits per heavy atom. The van der Waals surface area contributed by atoms with Gasteiger partial charge in [0.15, 0.2) is 17.5 Å². The molecule has 0 aliphatic heterocycles. The van der Waals surface area contributed by atoms with Gasteiger partial charge in [0.05, 0.1) is 0 Å². The molecule has 0 saturated carbocycles. The number of halogens is 2. The van der Waals surface area contributed by atoms with Crippen molar-refractivity contribution < 1.29 is 8.78 Å². The van der Waals surface area contributed by atoms with Crippen LogP contribution in [0.4, 0.5) is 8.78 Å². The summed E-state index contributed by atoms with van der Waals surface area (Å²) >= 11 is 0. The third kappa shape index (κ3) is 1.98. The number of hydrogen-bond acceptors (Lipinski definition) is 2. The van der Waals surface area contributed by atoms with Crippen molar-refractivity contribution in [3.8, 4) is 11.4 Å². The molecular formula is C11H8F2N2. The first kappa shape index (κ1) is 9.71. The van der Waals surface area contributed by atoms with E-state index in [1.165, 1.54) is 6.07 Å². The number of nitrogens with zero attached hydrogens (tertiary/aromatic N) is 2. The lowest BCUT2D eigenvalue weighted by Crippen LogP contribution is -1.91. The van der Waals surface area contributed by atoms with E-state index < -0.39 is 11.6 Å². The molecule has 76 valence electrons. The second-order valence-corrected chi connectivity index (χ2v) is 3.21. The van der Waals surface area contributed by atoms with Crippen LogP contribution in [0.25, 0.3) is 11.4 Å². The van der Waals surface area contributed by atoms with E-state index in [9.17, 15) is 8.78 Å². The molecule has 2 rings (SSSR count). The van der Waals surface area contributed by atoms with Crippen LogP contribution in [0.15, 0.2) is 30.6 Å². The molecule has 0 aliphatic carbocycles. The molecule has 0 fully saturated rings. The van der Waals surface area contributed by atoms with Crippen molar-refractivity contribution in [3.05, 3.63) is 47.8 Å². The molecule has 0 spiro atoms. The maximum atomic E-state index is 12.9. The predicted octanol–water partition coefficient (Wildman–Crippen LogP) is 2.73. The molecule has 15 heavy (non-hydrogen) atoms. The maximum Gasteiger partial charge on any atom is 0.159 e. The Morgan fingerprint density at radius 2 is 1.67 bits per heavy atom. The SMILES string of the molecule is Cc1cnc(-c2ccc(F)c(F)c2)nc1. The summed E-state index contributed by atoms with van der Waals surface area (Å²) in [6, 6.07) is 3.59. The quantitative estimate of drug-likeness (QED) is 0.716. The van der Waals surface area contributed by atoms with Crippen molar-refractivity contribution in [2.24, 2.45) is 0 Å². The molecule has 0 bridgehead atoms. The van der Waals surface area contributed by atoms with Crippen molar-refractivity contribution in [2.45, 2.75) is 6.92 Å². The molecule has 0 N–H and O–H groups in total. The van der Waals surface area contributed by atoms with Crippen LogP contribution in [0.3, 0.4) is 0 Å². The van der Waals surface area contributed by atoms with E-state index in [0.29, 0.717) is 11.4 Å². The highest BCUT2D eigenvalue weighted by atomic mass is 19.2. The van der Waals surface area contributed by atoms with Crippen LogP contribution in [0.2, 0.25) is 0 Å². The standard InChI is InChI=1S/C11H8F2N2/c1-7-5-14-11(15-6-7)8-2-3-9(12)10(13)4-8/h2-6H,1H3. The number of benzene rings is 1. The van der Waals surface area contributed by atoms with Crippen LogP contribution in [-0.2, 0) is 0 Å². The average molecular weight is 206 g/mol. The van der Waals surface area contributed by atoms with Gasteiger partial charge < -0.3 is 0 Å². The van der Waals surface area contributed by atoms with Gasteiger partial charge in [-0.2, -0.15) is 0 Å². The lowest BCUT2D eigenvalue weighted by molar-refractivity contribution is 0.509. The van der Waals surface area contributed by atoms with Crippen molar-refractivity contribution >= 4 is 0 Å². The molecule has 0 amide bonds. The Kier molecular flexibility index (Phi) is 2.41. The highest BCUT2D eigenvalue weighted by Crippen LogP contribution is 2.17. The molecule has 2 aromatic rings. The Morgan fingerprint density at radius 3 is 2.27 bits per heavy atom. The Bertz CT molecular complexity index is 480. The Balaban J connectivity index is 2.45. The number of aryl methyl sites for hydroxylation is 1. The van der Waals surface area contributed by atoms with Gasteiger partial charge in [-0.1, -0.05) is 0 Å². The van der Waals surface area contributed by atoms with Crippen molar-refractivity contribution in [1.29, 1.82) is 0 Å². The summed E-state index contributed by atoms with van der Waals surface area (Å²) in [6.07, 6.45) is 3.26. The molecule has 4 heteroatoms. The molecule has 0 unspecified atom stereocenters. The third-order valence-corrected chi connectivity index (χ3v) is 1.96. The van der Waals surface area contributed by atoms with Gasteiger partial charge in [0.2, 0.25) is 0 Å². The van der Waals surface area contributed by atoms with E-state index in [2.05, 4.69) is 9.97 Å². The van der Waals surface area contributed by atoms with E-state index in [1.54, 1.807) is 12.4 Å². The van der Waals surface area contributed by atoms with Crippen LogP contribution in [-0.4, -0.2) is 9.97 Å². The van der Waals surface area contributed by atoms with Crippen LogP contribution < -0.4 is 0 Å². The monoisotopic (exact) mass is 206 g/mol. The van der Waals surface area contributed by atoms with E-state index in [-0.39, 0.29) is 0 Å². The summed E-state index contributed by atoms with van der Waals surface area (Å²) in [5.41, 5.74) is 1.38. The summed E-state index contributed by atoms with van der Waals surface area (Å²) in [5.74, 6) is -1.37. The molecule has 1 aromatic heterocycles. The van der Waals surface area contributed by atoms with Gasteiger partial charge in [-0.3, -0.25) is 0 Å². The number of hydrogen-bond donors (Lipinski definition) is 0. The average Bonchev–Trinajstić information content (AvgIpc) is 2.23. The van der Waals surface area contributed by atoms with E-state index in [0.717, 1.165) is 17.7 Å². The van der Waals surface area contributed by atoms with Gasteiger partial charge >= 0.3 is 0 Å². The number of aromatic nitrogens is 2. The lowest BCUT2D eigenvalue weighted by Gasteiger charge is -2.00. The summed E-state index contributed by atoms with van der Waals surface area (Å²) in [5, 5.41) is 0. The first-order valence-corrected chi connectivity index (χ1v) is 4.41. The third-order valence-electron chi connectivity index (χ3n) is 1.96. The first-order valence-electron chi connectivity index (χ1n) is 4.41. The molecule has 0 radical (unpaired) electrons. The Labute approximate surface area is 85.6 Å². The second-order valence-electron chi connectivity index (χ2n) is 3.21. The normalized spacial score (nSPS) is 10.3. The largest absolute Gasteiger partial charge is 0.236 e. The summed E-state index contributed by atoms with van der Waals surface area (Å²) < 4.78 is 25.6. The van der Waals surface area contributed by atoms with Gasteiger partial charge in [0.25, 0.3) is 0 Å². The summed E-state index contributed by atoms with van der Waals surface area (Å²) in [7, 11) is 0. The zero-order chi connectivity index (χ0) is 10.8. The van der Waals surface area contributed by atoms with Gasteiger partial charge in [-0.05, 0) is 30.7 Å². The van der Waals surface area contributed by atoms with Crippen LogP contribution in [0, 0.1) is 18.6 Å². The predicted molar refractivity (Wildman–Crippen MR) is 52.1 cm³/mol. The van der Waals surface area contributed by atoms with Crippen LogP contribution in [0.5, 0.6) is 0 Å². The minimum Gasteiger partial charge on any atom is -0.236 e. The van der Waals surface area contributed by atoms with Crippen molar-refractivity contribution in [1.82, 2.24) is 9.97 Å². The topological polar surface area (TPSA) is 25.8 Å². The summed E-state index contributed by atoms with van der Waals surface area (Å²) in [6.45, 7) is 1.86. The lowest BCUT2D eigenvalue weighted by atomic mass is 10.2. The molecule has 1 aromatic carbocycles. The molecule has 0 atom stereocenters. The van der Waals surface area contributed by atoms with Crippen molar-refractivity contribution in [3.63, 3.8) is 0 Å². The van der Waals surface area contributed by atoms with Gasteiger partial charge in [-0.25, -0.2) is 18.7 Å². The van der Waals surface area contributed by atoms with Crippen LogP contribution >= 0.6 is 0 Å². The smallest absolute Gasteiger partial charge is 0.159 e. The first-order chi connectivity index (χ1) is 7.16. The van der Waals surface area contributed by atoms with Crippen molar-refractivity contribution in [2.75, 3.05) is 0 Å². The fourth-order valence-electron chi connectivity index (χ4n) is 1.18.